The lowest BCUT2D eigenvalue weighted by molar-refractivity contribution is 0.119. The summed E-state index contributed by atoms with van der Waals surface area (Å²) in [5.74, 6) is 0.933. The van der Waals surface area contributed by atoms with Crippen molar-refractivity contribution in [2.45, 2.75) is 32.8 Å². The van der Waals surface area contributed by atoms with Crippen molar-refractivity contribution in [1.82, 2.24) is 0 Å². The minimum Gasteiger partial charge on any atom is -0.494 e. The third kappa shape index (κ3) is 4.78. The van der Waals surface area contributed by atoms with E-state index in [0.717, 1.165) is 25.2 Å². The molecule has 0 N–H and O–H groups in total. The lowest BCUT2D eigenvalue weighted by Gasteiger charge is -2.13. The number of ether oxygens (including phenoxy) is 2. The molecule has 3 aromatic rings. The van der Waals surface area contributed by atoms with E-state index in [9.17, 15) is 0 Å². The molecule has 0 aromatic heterocycles. The number of benzene rings is 3. The summed E-state index contributed by atoms with van der Waals surface area (Å²) < 4.78 is 11.2. The smallest absolute Gasteiger partial charge is 0.119 e. The Bertz CT molecular complexity index is 835. The van der Waals surface area contributed by atoms with Crippen LogP contribution in [0.1, 0.15) is 38.4 Å². The first-order valence-electron chi connectivity index (χ1n) is 9.68. The largest absolute Gasteiger partial charge is 0.494 e. The highest BCUT2D eigenvalue weighted by atomic mass is 16.5. The highest BCUT2D eigenvalue weighted by molar-refractivity contribution is 5.83. The van der Waals surface area contributed by atoms with E-state index in [1.165, 1.54) is 27.8 Å². The first-order chi connectivity index (χ1) is 13.2. The van der Waals surface area contributed by atoms with Gasteiger partial charge in [-0.1, -0.05) is 74.0 Å². The maximum Gasteiger partial charge on any atom is 0.119 e. The molecule has 3 aromatic carbocycles. The highest BCUT2D eigenvalue weighted by Gasteiger charge is 2.09. The van der Waals surface area contributed by atoms with Gasteiger partial charge in [-0.2, -0.15) is 0 Å². The number of hydrogen-bond acceptors (Lipinski definition) is 2. The predicted octanol–water partition coefficient (Wildman–Crippen LogP) is 6.91. The average Bonchev–Trinajstić information content (AvgIpc) is 2.74. The zero-order chi connectivity index (χ0) is 19.1. The summed E-state index contributed by atoms with van der Waals surface area (Å²) in [6.07, 6.45) is 2.34. The number of rotatable bonds is 8. The van der Waals surface area contributed by atoms with Gasteiger partial charge in [0.15, 0.2) is 0 Å². The zero-order valence-corrected chi connectivity index (χ0v) is 16.4. The van der Waals surface area contributed by atoms with Crippen LogP contribution in [0.2, 0.25) is 0 Å². The normalized spacial score (nSPS) is 12.0. The molecule has 0 radical (unpaired) electrons. The van der Waals surface area contributed by atoms with Gasteiger partial charge in [0.25, 0.3) is 0 Å². The fraction of sp³-hybridized carbons (Fsp3) is 0.280. The molecule has 2 heteroatoms. The van der Waals surface area contributed by atoms with Crippen molar-refractivity contribution in [3.8, 4) is 28.0 Å². The van der Waals surface area contributed by atoms with Crippen molar-refractivity contribution < 1.29 is 9.47 Å². The molecule has 0 amide bonds. The van der Waals surface area contributed by atoms with Gasteiger partial charge in [-0.15, -0.1) is 0 Å². The molecule has 0 saturated carbocycles. The second-order valence-corrected chi connectivity index (χ2v) is 6.77. The monoisotopic (exact) mass is 360 g/mol. The molecule has 1 atom stereocenters. The Morgan fingerprint density at radius 1 is 0.778 bits per heavy atom. The Balaban J connectivity index is 1.86. The van der Waals surface area contributed by atoms with Crippen LogP contribution in [-0.4, -0.2) is 13.7 Å². The third-order valence-electron chi connectivity index (χ3n) is 4.90. The second kappa shape index (κ2) is 9.38. The molecule has 0 aliphatic carbocycles. The SMILES string of the molecule is CCCCOc1ccc(-c2ccccc2-c2ccc(C(C)OC)cc2)cc1. The predicted molar refractivity (Wildman–Crippen MR) is 113 cm³/mol. The molecule has 140 valence electrons. The van der Waals surface area contributed by atoms with Crippen molar-refractivity contribution in [3.05, 3.63) is 78.4 Å². The summed E-state index contributed by atoms with van der Waals surface area (Å²) in [7, 11) is 1.74. The van der Waals surface area contributed by atoms with Gasteiger partial charge in [-0.05, 0) is 53.3 Å². The highest BCUT2D eigenvalue weighted by Crippen LogP contribution is 2.33. The van der Waals surface area contributed by atoms with Gasteiger partial charge < -0.3 is 9.47 Å². The number of unbranched alkanes of at least 4 members (excludes halogenated alkanes) is 1. The van der Waals surface area contributed by atoms with E-state index in [0.29, 0.717) is 0 Å². The molecule has 0 aliphatic heterocycles. The summed E-state index contributed by atoms with van der Waals surface area (Å²) in [4.78, 5) is 0. The van der Waals surface area contributed by atoms with E-state index in [2.05, 4.69) is 86.6 Å². The summed E-state index contributed by atoms with van der Waals surface area (Å²) in [6.45, 7) is 5.01. The van der Waals surface area contributed by atoms with Crippen LogP contribution in [0.25, 0.3) is 22.3 Å². The summed E-state index contributed by atoms with van der Waals surface area (Å²) >= 11 is 0. The van der Waals surface area contributed by atoms with Crippen LogP contribution in [0, 0.1) is 0 Å². The van der Waals surface area contributed by atoms with Crippen molar-refractivity contribution in [2.24, 2.45) is 0 Å². The van der Waals surface area contributed by atoms with Gasteiger partial charge in [-0.3, -0.25) is 0 Å². The number of methoxy groups -OCH3 is 1. The van der Waals surface area contributed by atoms with Crippen molar-refractivity contribution in [3.63, 3.8) is 0 Å². The maximum atomic E-state index is 5.79. The van der Waals surface area contributed by atoms with Crippen LogP contribution in [0.5, 0.6) is 5.75 Å². The lowest BCUT2D eigenvalue weighted by Crippen LogP contribution is -1.96. The number of hydrogen-bond donors (Lipinski definition) is 0. The molecular weight excluding hydrogens is 332 g/mol. The molecular formula is C25H28O2. The molecule has 0 bridgehead atoms. The fourth-order valence-corrected chi connectivity index (χ4v) is 3.12. The minimum absolute atomic E-state index is 0.106. The van der Waals surface area contributed by atoms with Gasteiger partial charge >= 0.3 is 0 Å². The molecule has 1 unspecified atom stereocenters. The van der Waals surface area contributed by atoms with Gasteiger partial charge in [0.1, 0.15) is 5.75 Å². The van der Waals surface area contributed by atoms with Crippen LogP contribution in [0.3, 0.4) is 0 Å². The maximum absolute atomic E-state index is 5.79. The van der Waals surface area contributed by atoms with Gasteiger partial charge in [-0.25, -0.2) is 0 Å². The topological polar surface area (TPSA) is 18.5 Å². The molecule has 0 fully saturated rings. The van der Waals surface area contributed by atoms with E-state index in [4.69, 9.17) is 9.47 Å². The Morgan fingerprint density at radius 2 is 1.33 bits per heavy atom. The van der Waals surface area contributed by atoms with E-state index in [1.54, 1.807) is 7.11 Å². The Labute approximate surface area is 162 Å². The summed E-state index contributed by atoms with van der Waals surface area (Å²) in [6, 6.07) is 25.6. The first-order valence-corrected chi connectivity index (χ1v) is 9.68. The molecule has 3 rings (SSSR count). The van der Waals surface area contributed by atoms with E-state index in [-0.39, 0.29) is 6.10 Å². The van der Waals surface area contributed by atoms with Gasteiger partial charge in [0.2, 0.25) is 0 Å². The van der Waals surface area contributed by atoms with Crippen molar-refractivity contribution in [2.75, 3.05) is 13.7 Å². The Hall–Kier alpha value is -2.58. The van der Waals surface area contributed by atoms with Crippen LogP contribution < -0.4 is 4.74 Å². The van der Waals surface area contributed by atoms with Crippen molar-refractivity contribution in [1.29, 1.82) is 0 Å². The first kappa shape index (κ1) is 19.2. The van der Waals surface area contributed by atoms with E-state index < -0.39 is 0 Å². The molecule has 0 aliphatic rings. The van der Waals surface area contributed by atoms with E-state index in [1.807, 2.05) is 0 Å². The Kier molecular flexibility index (Phi) is 6.67. The molecule has 2 nitrogen and oxygen atoms in total. The van der Waals surface area contributed by atoms with Gasteiger partial charge in [0.05, 0.1) is 12.7 Å². The van der Waals surface area contributed by atoms with Crippen LogP contribution in [0.4, 0.5) is 0 Å². The molecule has 0 saturated heterocycles. The van der Waals surface area contributed by atoms with Crippen LogP contribution in [-0.2, 0) is 4.74 Å². The summed E-state index contributed by atoms with van der Waals surface area (Å²) in [5.41, 5.74) is 6.05. The standard InChI is InChI=1S/C25H28O2/c1-4-5-18-27-23-16-14-22(15-17-23)25-9-7-6-8-24(25)21-12-10-20(11-13-21)19(2)26-3/h6-17,19H,4-5,18H2,1-3H3. The third-order valence-corrected chi connectivity index (χ3v) is 4.90. The second-order valence-electron chi connectivity index (χ2n) is 6.77. The molecule has 0 heterocycles. The van der Waals surface area contributed by atoms with Crippen LogP contribution in [0.15, 0.2) is 72.8 Å². The van der Waals surface area contributed by atoms with Gasteiger partial charge in [0, 0.05) is 7.11 Å². The lowest BCUT2D eigenvalue weighted by atomic mass is 9.94. The Morgan fingerprint density at radius 3 is 1.85 bits per heavy atom. The zero-order valence-electron chi connectivity index (χ0n) is 16.4. The average molecular weight is 360 g/mol. The molecule has 27 heavy (non-hydrogen) atoms. The quantitative estimate of drug-likeness (QED) is 0.406. The summed E-state index contributed by atoms with van der Waals surface area (Å²) in [5, 5.41) is 0. The minimum atomic E-state index is 0.106. The van der Waals surface area contributed by atoms with Crippen LogP contribution >= 0.6 is 0 Å². The molecule has 0 spiro atoms. The fourth-order valence-electron chi connectivity index (χ4n) is 3.12. The van der Waals surface area contributed by atoms with Crippen molar-refractivity contribution >= 4 is 0 Å². The van der Waals surface area contributed by atoms with E-state index >= 15 is 0 Å².